The Morgan fingerprint density at radius 2 is 2.29 bits per heavy atom. The molecule has 3 heteroatoms. The van der Waals surface area contributed by atoms with E-state index in [1.54, 1.807) is 0 Å². The van der Waals surface area contributed by atoms with Gasteiger partial charge in [-0.2, -0.15) is 0 Å². The molecule has 82 valence electrons. The van der Waals surface area contributed by atoms with Crippen LogP contribution in [-0.2, 0) is 9.53 Å². The van der Waals surface area contributed by atoms with E-state index in [0.717, 1.165) is 6.54 Å². The average Bonchev–Trinajstić information content (AvgIpc) is 2.52. The predicted octanol–water partition coefficient (Wildman–Crippen LogP) is 1.67. The van der Waals surface area contributed by atoms with Gasteiger partial charge in [-0.3, -0.25) is 9.69 Å². The lowest BCUT2D eigenvalue weighted by molar-refractivity contribution is -0.144. The van der Waals surface area contributed by atoms with E-state index in [1.165, 1.54) is 12.8 Å². The molecule has 0 aromatic carbocycles. The molecule has 0 amide bonds. The van der Waals surface area contributed by atoms with Crippen LogP contribution in [0, 0.1) is 5.92 Å². The van der Waals surface area contributed by atoms with E-state index in [2.05, 4.69) is 18.7 Å². The summed E-state index contributed by atoms with van der Waals surface area (Å²) in [6.45, 7) is 8.28. The Balaban J connectivity index is 2.39. The molecule has 1 heterocycles. The Hall–Kier alpha value is -0.570. The van der Waals surface area contributed by atoms with E-state index in [-0.39, 0.29) is 5.97 Å². The molecule has 0 saturated carbocycles. The molecule has 0 spiro atoms. The van der Waals surface area contributed by atoms with Gasteiger partial charge >= 0.3 is 5.97 Å². The smallest absolute Gasteiger partial charge is 0.320 e. The van der Waals surface area contributed by atoms with Crippen LogP contribution in [0.5, 0.6) is 0 Å². The molecule has 1 atom stereocenters. The molecule has 0 aromatic rings. The molecular formula is C11H21NO2. The molecule has 1 aliphatic rings. The normalized spacial score (nSPS) is 23.0. The summed E-state index contributed by atoms with van der Waals surface area (Å²) in [5, 5.41) is 0. The number of likely N-dealkylation sites (tertiary alicyclic amines) is 1. The summed E-state index contributed by atoms with van der Waals surface area (Å²) in [5.41, 5.74) is 0. The number of nitrogens with zero attached hydrogens (tertiary/aromatic N) is 1. The fourth-order valence-electron chi connectivity index (χ4n) is 2.18. The maximum absolute atomic E-state index is 11.3. The Bertz CT molecular complexity index is 192. The number of rotatable bonds is 4. The molecular weight excluding hydrogens is 178 g/mol. The molecule has 3 nitrogen and oxygen atoms in total. The van der Waals surface area contributed by atoms with Gasteiger partial charge in [-0.05, 0) is 32.2 Å². The zero-order valence-corrected chi connectivity index (χ0v) is 9.45. The molecule has 0 radical (unpaired) electrons. The number of hydrogen-bond donors (Lipinski definition) is 0. The third kappa shape index (κ3) is 2.98. The Kier molecular flexibility index (Phi) is 4.39. The molecule has 0 aliphatic carbocycles. The van der Waals surface area contributed by atoms with Crippen LogP contribution < -0.4 is 0 Å². The molecule has 1 unspecified atom stereocenters. The molecule has 0 bridgehead atoms. The summed E-state index contributed by atoms with van der Waals surface area (Å²) < 4.78 is 4.95. The fraction of sp³-hybridized carbons (Fsp3) is 0.909. The third-order valence-electron chi connectivity index (χ3n) is 2.82. The summed E-state index contributed by atoms with van der Waals surface area (Å²) >= 11 is 0. The quantitative estimate of drug-likeness (QED) is 0.645. The zero-order valence-electron chi connectivity index (χ0n) is 9.45. The van der Waals surface area contributed by atoms with Gasteiger partial charge in [0.1, 0.15) is 0 Å². The van der Waals surface area contributed by atoms with Crippen LogP contribution in [0.3, 0.4) is 0 Å². The van der Waals surface area contributed by atoms with Crippen LogP contribution in [0.4, 0.5) is 0 Å². The highest BCUT2D eigenvalue weighted by atomic mass is 16.5. The van der Waals surface area contributed by atoms with Crippen LogP contribution in [0.25, 0.3) is 0 Å². The summed E-state index contributed by atoms with van der Waals surface area (Å²) in [5.74, 6) is 0.548. The van der Waals surface area contributed by atoms with Crippen LogP contribution in [0.1, 0.15) is 33.6 Å². The van der Waals surface area contributed by atoms with Crippen molar-refractivity contribution in [2.75, 3.05) is 19.7 Å². The summed E-state index contributed by atoms with van der Waals surface area (Å²) in [4.78, 5) is 13.6. The highest BCUT2D eigenvalue weighted by Crippen LogP contribution is 2.23. The van der Waals surface area contributed by atoms with Crippen LogP contribution in [0.2, 0.25) is 0 Å². The van der Waals surface area contributed by atoms with E-state index >= 15 is 0 Å². The fourth-order valence-corrected chi connectivity index (χ4v) is 2.18. The van der Waals surface area contributed by atoms with Crippen molar-refractivity contribution < 1.29 is 9.53 Å². The second-order valence-electron chi connectivity index (χ2n) is 4.23. The van der Waals surface area contributed by atoms with Gasteiger partial charge in [0.15, 0.2) is 0 Å². The monoisotopic (exact) mass is 199 g/mol. The highest BCUT2D eigenvalue weighted by molar-refractivity contribution is 5.71. The zero-order chi connectivity index (χ0) is 10.6. The number of hydrogen-bond acceptors (Lipinski definition) is 3. The Morgan fingerprint density at radius 1 is 1.57 bits per heavy atom. The maximum atomic E-state index is 11.3. The first-order chi connectivity index (χ1) is 6.65. The number of carbonyl (C=O) groups excluding carboxylic acids is 1. The molecule has 14 heavy (non-hydrogen) atoms. The first-order valence-electron chi connectivity index (χ1n) is 5.54. The molecule has 0 N–H and O–H groups in total. The van der Waals surface area contributed by atoms with Crippen molar-refractivity contribution in [3.63, 3.8) is 0 Å². The number of ether oxygens (including phenoxy) is 1. The third-order valence-corrected chi connectivity index (χ3v) is 2.82. The number of carbonyl (C=O) groups is 1. The van der Waals surface area contributed by atoms with Crippen molar-refractivity contribution in [2.24, 2.45) is 5.92 Å². The van der Waals surface area contributed by atoms with Crippen molar-refractivity contribution >= 4 is 5.97 Å². The maximum Gasteiger partial charge on any atom is 0.320 e. The first-order valence-corrected chi connectivity index (χ1v) is 5.54. The van der Waals surface area contributed by atoms with Crippen molar-refractivity contribution in [1.82, 2.24) is 4.90 Å². The van der Waals surface area contributed by atoms with E-state index in [4.69, 9.17) is 4.74 Å². The molecule has 1 rings (SSSR count). The van der Waals surface area contributed by atoms with Gasteiger partial charge in [0.05, 0.1) is 13.2 Å². The summed E-state index contributed by atoms with van der Waals surface area (Å²) in [6.07, 6.45) is 2.43. The van der Waals surface area contributed by atoms with Crippen LogP contribution >= 0.6 is 0 Å². The van der Waals surface area contributed by atoms with E-state index in [0.29, 0.717) is 25.1 Å². The topological polar surface area (TPSA) is 29.5 Å². The lowest BCUT2D eigenvalue weighted by atomic mass is 10.0. The molecule has 1 fully saturated rings. The Labute approximate surface area is 86.4 Å². The Morgan fingerprint density at radius 3 is 2.86 bits per heavy atom. The van der Waals surface area contributed by atoms with Gasteiger partial charge in [0, 0.05) is 6.04 Å². The van der Waals surface area contributed by atoms with Crippen molar-refractivity contribution in [2.45, 2.75) is 39.7 Å². The summed E-state index contributed by atoms with van der Waals surface area (Å²) in [7, 11) is 0. The van der Waals surface area contributed by atoms with Crippen LogP contribution in [0.15, 0.2) is 0 Å². The second-order valence-corrected chi connectivity index (χ2v) is 4.23. The first kappa shape index (κ1) is 11.5. The van der Waals surface area contributed by atoms with Gasteiger partial charge in [-0.15, -0.1) is 0 Å². The average molecular weight is 199 g/mol. The van der Waals surface area contributed by atoms with Crippen molar-refractivity contribution in [1.29, 1.82) is 0 Å². The lowest BCUT2D eigenvalue weighted by Crippen LogP contribution is -2.37. The predicted molar refractivity (Wildman–Crippen MR) is 56.1 cm³/mol. The molecule has 1 saturated heterocycles. The SMILES string of the molecule is CCOC(=O)CN1CCCC1C(C)C. The van der Waals surface area contributed by atoms with Gasteiger partial charge in [-0.1, -0.05) is 13.8 Å². The molecule has 1 aliphatic heterocycles. The standard InChI is InChI=1S/C11H21NO2/c1-4-14-11(13)8-12-7-5-6-10(12)9(2)3/h9-10H,4-8H2,1-3H3. The van der Waals surface area contributed by atoms with Gasteiger partial charge in [0.2, 0.25) is 0 Å². The van der Waals surface area contributed by atoms with E-state index in [1.807, 2.05) is 6.92 Å². The van der Waals surface area contributed by atoms with E-state index in [9.17, 15) is 4.79 Å². The summed E-state index contributed by atoms with van der Waals surface area (Å²) in [6, 6.07) is 0.569. The minimum absolute atomic E-state index is 0.0833. The van der Waals surface area contributed by atoms with Crippen molar-refractivity contribution in [3.8, 4) is 0 Å². The van der Waals surface area contributed by atoms with Crippen molar-refractivity contribution in [3.05, 3.63) is 0 Å². The lowest BCUT2D eigenvalue weighted by Gasteiger charge is -2.26. The van der Waals surface area contributed by atoms with Gasteiger partial charge < -0.3 is 4.74 Å². The van der Waals surface area contributed by atoms with Gasteiger partial charge in [-0.25, -0.2) is 0 Å². The molecule has 0 aromatic heterocycles. The van der Waals surface area contributed by atoms with Gasteiger partial charge in [0.25, 0.3) is 0 Å². The number of esters is 1. The van der Waals surface area contributed by atoms with Crippen LogP contribution in [-0.4, -0.2) is 36.6 Å². The second kappa shape index (κ2) is 5.35. The largest absolute Gasteiger partial charge is 0.465 e. The highest BCUT2D eigenvalue weighted by Gasteiger charge is 2.28. The van der Waals surface area contributed by atoms with E-state index < -0.39 is 0 Å². The minimum atomic E-state index is -0.0833. The minimum Gasteiger partial charge on any atom is -0.465 e.